The van der Waals surface area contributed by atoms with Gasteiger partial charge in [0.1, 0.15) is 17.6 Å². The zero-order valence-electron chi connectivity index (χ0n) is 18.7. The van der Waals surface area contributed by atoms with Gasteiger partial charge in [0.2, 0.25) is 0 Å². The third-order valence-electron chi connectivity index (χ3n) is 6.56. The van der Waals surface area contributed by atoms with Crippen molar-refractivity contribution in [2.24, 2.45) is 0 Å². The molecule has 2 aromatic heterocycles. The van der Waals surface area contributed by atoms with Crippen LogP contribution in [0.3, 0.4) is 0 Å². The summed E-state index contributed by atoms with van der Waals surface area (Å²) in [5.41, 5.74) is 5.76. The van der Waals surface area contributed by atoms with Crippen LogP contribution in [0.25, 0.3) is 22.3 Å². The fourth-order valence-corrected chi connectivity index (χ4v) is 4.72. The number of hydrogen-bond donors (Lipinski definition) is 3. The number of carbonyl (C=O) groups is 2. The highest BCUT2D eigenvalue weighted by Crippen LogP contribution is 2.49. The summed E-state index contributed by atoms with van der Waals surface area (Å²) in [6, 6.07) is 4.11. The third kappa shape index (κ3) is 3.99. The Hall–Kier alpha value is -3.62. The number of nitrogens with one attached hydrogen (secondary N) is 2. The maximum atomic E-state index is 13.0. The van der Waals surface area contributed by atoms with Crippen LogP contribution in [0.5, 0.6) is 5.75 Å². The van der Waals surface area contributed by atoms with E-state index >= 15 is 0 Å². The Morgan fingerprint density at radius 3 is 2.61 bits per heavy atom. The number of hydrogen-bond acceptors (Lipinski definition) is 5. The van der Waals surface area contributed by atoms with Gasteiger partial charge in [-0.3, -0.25) is 4.79 Å². The highest BCUT2D eigenvalue weighted by atomic mass is 16.5. The van der Waals surface area contributed by atoms with E-state index in [0.717, 1.165) is 46.5 Å². The second-order valence-corrected chi connectivity index (χ2v) is 8.87. The van der Waals surface area contributed by atoms with Crippen LogP contribution >= 0.6 is 0 Å². The largest absolute Gasteiger partial charge is 0.496 e. The van der Waals surface area contributed by atoms with Crippen molar-refractivity contribution in [3.8, 4) is 17.0 Å². The summed E-state index contributed by atoms with van der Waals surface area (Å²) in [5.74, 6) is 1.11. The molecule has 33 heavy (non-hydrogen) atoms. The molecule has 9 nitrogen and oxygen atoms in total. The van der Waals surface area contributed by atoms with Crippen molar-refractivity contribution in [2.45, 2.75) is 44.6 Å². The zero-order valence-corrected chi connectivity index (χ0v) is 18.7. The van der Waals surface area contributed by atoms with Gasteiger partial charge in [-0.25, -0.2) is 14.8 Å². The van der Waals surface area contributed by atoms with Crippen LogP contribution < -0.4 is 10.1 Å². The quantitative estimate of drug-likeness (QED) is 0.546. The average Bonchev–Trinajstić information content (AvgIpc) is 3.55. The second-order valence-electron chi connectivity index (χ2n) is 8.87. The number of rotatable bonds is 5. The van der Waals surface area contributed by atoms with Crippen molar-refractivity contribution in [1.29, 1.82) is 0 Å². The minimum atomic E-state index is -0.918. The predicted molar refractivity (Wildman–Crippen MR) is 123 cm³/mol. The topological polar surface area (TPSA) is 120 Å². The molecule has 1 saturated carbocycles. The van der Waals surface area contributed by atoms with Crippen LogP contribution in [-0.2, 0) is 0 Å². The van der Waals surface area contributed by atoms with E-state index in [2.05, 4.69) is 32.4 Å². The molecule has 2 aliphatic rings. The second kappa shape index (κ2) is 8.38. The number of amides is 2. The molecule has 0 spiro atoms. The molecular weight excluding hydrogens is 422 g/mol. The van der Waals surface area contributed by atoms with Gasteiger partial charge in [0.15, 0.2) is 0 Å². The zero-order chi connectivity index (χ0) is 23.1. The van der Waals surface area contributed by atoms with Crippen molar-refractivity contribution in [2.75, 3.05) is 20.2 Å². The number of piperidine rings is 1. The number of benzene rings is 1. The molecule has 3 aromatic rings. The van der Waals surface area contributed by atoms with E-state index in [4.69, 9.17) is 9.84 Å². The van der Waals surface area contributed by atoms with Gasteiger partial charge in [0.25, 0.3) is 5.91 Å². The number of aromatic amines is 1. The van der Waals surface area contributed by atoms with Crippen LogP contribution in [0, 0.1) is 6.92 Å². The number of carboxylic acid groups (broad SMARTS) is 1. The van der Waals surface area contributed by atoms with Gasteiger partial charge in [-0.2, -0.15) is 0 Å². The molecule has 1 aliphatic heterocycles. The maximum Gasteiger partial charge on any atom is 0.407 e. The lowest BCUT2D eigenvalue weighted by Gasteiger charge is -2.30. The number of carbonyl (C=O) groups excluding carboxylic acids is 1. The molecule has 1 aliphatic carbocycles. The Bertz CT molecular complexity index is 1230. The molecule has 9 heteroatoms. The molecule has 0 radical (unpaired) electrons. The summed E-state index contributed by atoms with van der Waals surface area (Å²) < 4.78 is 5.69. The van der Waals surface area contributed by atoms with Gasteiger partial charge < -0.3 is 25.0 Å². The summed E-state index contributed by atoms with van der Waals surface area (Å²) in [6.07, 6.45) is 5.69. The first kappa shape index (κ1) is 21.2. The fraction of sp³-hybridized carbons (Fsp3) is 0.417. The van der Waals surface area contributed by atoms with E-state index in [1.165, 1.54) is 11.2 Å². The SMILES string of the molecule is COc1cc(C)cc(-c2ncnc3c(C(=O)NC4CCN(C(=O)O)CC4)c[nH]c23)c1C1CC1. The lowest BCUT2D eigenvalue weighted by molar-refractivity contribution is 0.0909. The summed E-state index contributed by atoms with van der Waals surface area (Å²) in [7, 11) is 1.69. The highest BCUT2D eigenvalue weighted by Gasteiger charge is 2.31. The van der Waals surface area contributed by atoms with Gasteiger partial charge in [-0.1, -0.05) is 0 Å². The number of H-pyrrole nitrogens is 1. The Kier molecular flexibility index (Phi) is 5.39. The van der Waals surface area contributed by atoms with E-state index < -0.39 is 6.09 Å². The van der Waals surface area contributed by atoms with E-state index in [9.17, 15) is 9.59 Å². The van der Waals surface area contributed by atoms with Gasteiger partial charge >= 0.3 is 6.09 Å². The smallest absolute Gasteiger partial charge is 0.407 e. The summed E-state index contributed by atoms with van der Waals surface area (Å²) in [5, 5.41) is 12.2. The molecule has 3 heterocycles. The normalized spacial score (nSPS) is 16.7. The Morgan fingerprint density at radius 2 is 1.94 bits per heavy atom. The van der Waals surface area contributed by atoms with Crippen molar-refractivity contribution in [1.82, 2.24) is 25.2 Å². The van der Waals surface area contributed by atoms with E-state index in [1.54, 1.807) is 13.3 Å². The molecule has 1 saturated heterocycles. The van der Waals surface area contributed by atoms with Gasteiger partial charge in [-0.05, 0) is 56.2 Å². The first-order valence-electron chi connectivity index (χ1n) is 11.3. The number of ether oxygens (including phenoxy) is 1. The number of nitrogens with zero attached hydrogens (tertiary/aromatic N) is 3. The maximum absolute atomic E-state index is 13.0. The predicted octanol–water partition coefficient (Wildman–Crippen LogP) is 3.69. The van der Waals surface area contributed by atoms with E-state index in [-0.39, 0.29) is 11.9 Å². The molecule has 0 atom stereocenters. The number of aryl methyl sites for hydroxylation is 1. The fourth-order valence-electron chi connectivity index (χ4n) is 4.72. The lowest BCUT2D eigenvalue weighted by atomic mass is 9.96. The van der Waals surface area contributed by atoms with Gasteiger partial charge in [0.05, 0.1) is 23.9 Å². The molecule has 0 bridgehead atoms. The number of aromatic nitrogens is 3. The molecule has 0 unspecified atom stereocenters. The molecule has 3 N–H and O–H groups in total. The molecule has 2 fully saturated rings. The molecule has 172 valence electrons. The summed E-state index contributed by atoms with van der Waals surface area (Å²) in [6.45, 7) is 2.86. The van der Waals surface area contributed by atoms with Crippen molar-refractivity contribution in [3.05, 3.63) is 41.3 Å². The molecular formula is C24H27N5O4. The Labute approximate surface area is 191 Å². The minimum absolute atomic E-state index is 0.0677. The summed E-state index contributed by atoms with van der Waals surface area (Å²) in [4.78, 5) is 37.8. The Balaban J connectivity index is 1.46. The van der Waals surface area contributed by atoms with Crippen LogP contribution in [0.15, 0.2) is 24.7 Å². The third-order valence-corrected chi connectivity index (χ3v) is 6.56. The van der Waals surface area contributed by atoms with Crippen molar-refractivity contribution >= 4 is 23.0 Å². The number of methoxy groups -OCH3 is 1. The summed E-state index contributed by atoms with van der Waals surface area (Å²) >= 11 is 0. The lowest BCUT2D eigenvalue weighted by Crippen LogP contribution is -2.46. The van der Waals surface area contributed by atoms with Gasteiger partial charge in [0, 0.05) is 36.5 Å². The minimum Gasteiger partial charge on any atom is -0.496 e. The van der Waals surface area contributed by atoms with Crippen LogP contribution in [-0.4, -0.2) is 63.2 Å². The standard InChI is InChI=1S/C24H27N5O4/c1-13-9-16(19(14-3-4-14)18(10-13)33-2)20-22-21(27-12-26-20)17(11-25-22)23(30)28-15-5-7-29(8-6-15)24(31)32/h9-12,14-15,25H,3-8H2,1-2H3,(H,28,30)(H,31,32). The van der Waals surface area contributed by atoms with Gasteiger partial charge in [-0.15, -0.1) is 0 Å². The number of likely N-dealkylation sites (tertiary alicyclic amines) is 1. The first-order valence-corrected chi connectivity index (χ1v) is 11.3. The van der Waals surface area contributed by atoms with Crippen LogP contribution in [0.2, 0.25) is 0 Å². The van der Waals surface area contributed by atoms with E-state index in [1.807, 2.05) is 6.92 Å². The molecule has 1 aromatic carbocycles. The average molecular weight is 450 g/mol. The molecule has 5 rings (SSSR count). The Morgan fingerprint density at radius 1 is 1.18 bits per heavy atom. The first-order chi connectivity index (χ1) is 16.0. The van der Waals surface area contributed by atoms with E-state index in [0.29, 0.717) is 42.9 Å². The van der Waals surface area contributed by atoms with Crippen LogP contribution in [0.1, 0.15) is 53.1 Å². The van der Waals surface area contributed by atoms with Crippen molar-refractivity contribution in [3.63, 3.8) is 0 Å². The molecule has 2 amide bonds. The van der Waals surface area contributed by atoms with Crippen LogP contribution in [0.4, 0.5) is 4.79 Å². The number of fused-ring (bicyclic) bond motifs is 1. The monoisotopic (exact) mass is 449 g/mol. The van der Waals surface area contributed by atoms with Crippen molar-refractivity contribution < 1.29 is 19.4 Å². The highest BCUT2D eigenvalue weighted by molar-refractivity contribution is 6.08.